The standard InChI is InChI=1S/C11H13BrN4O3/c12-8-2-1-3-9(15-8)16-10(17)7-4-6(5-13-7)14-11(18)19/h1-3,6-7,13-14H,4-5H2,(H,18,19)(H,15,16,17)/t6-,7-/m0/s1. The molecule has 0 bridgehead atoms. The van der Waals surface area contributed by atoms with E-state index in [0.717, 1.165) is 0 Å². The number of hydrogen-bond acceptors (Lipinski definition) is 4. The molecule has 0 radical (unpaired) electrons. The highest BCUT2D eigenvalue weighted by atomic mass is 79.9. The minimum absolute atomic E-state index is 0.222. The van der Waals surface area contributed by atoms with Crippen molar-refractivity contribution in [3.05, 3.63) is 22.8 Å². The van der Waals surface area contributed by atoms with Crippen LogP contribution in [-0.4, -0.2) is 40.7 Å². The topological polar surface area (TPSA) is 103 Å². The van der Waals surface area contributed by atoms with Crippen molar-refractivity contribution >= 4 is 33.7 Å². The van der Waals surface area contributed by atoms with Gasteiger partial charge in [0.1, 0.15) is 10.4 Å². The van der Waals surface area contributed by atoms with Gasteiger partial charge in [0, 0.05) is 12.6 Å². The summed E-state index contributed by atoms with van der Waals surface area (Å²) >= 11 is 3.22. The number of carbonyl (C=O) groups is 2. The van der Waals surface area contributed by atoms with Gasteiger partial charge in [-0.25, -0.2) is 9.78 Å². The Labute approximate surface area is 117 Å². The average molecular weight is 329 g/mol. The Morgan fingerprint density at radius 1 is 1.47 bits per heavy atom. The Balaban J connectivity index is 1.89. The highest BCUT2D eigenvalue weighted by molar-refractivity contribution is 9.10. The molecule has 1 aliphatic rings. The van der Waals surface area contributed by atoms with E-state index in [9.17, 15) is 9.59 Å². The average Bonchev–Trinajstić information content (AvgIpc) is 2.76. The summed E-state index contributed by atoms with van der Waals surface area (Å²) in [6, 6.07) is 4.55. The van der Waals surface area contributed by atoms with Gasteiger partial charge in [-0.05, 0) is 34.5 Å². The minimum atomic E-state index is -1.08. The summed E-state index contributed by atoms with van der Waals surface area (Å²) < 4.78 is 0.634. The fourth-order valence-corrected chi connectivity index (χ4v) is 2.25. The molecule has 8 heteroatoms. The molecule has 1 fully saturated rings. The third kappa shape index (κ3) is 3.90. The molecule has 102 valence electrons. The van der Waals surface area contributed by atoms with Gasteiger partial charge >= 0.3 is 6.09 Å². The van der Waals surface area contributed by atoms with Crippen LogP contribution < -0.4 is 16.0 Å². The molecular formula is C11H13BrN4O3. The van der Waals surface area contributed by atoms with Gasteiger partial charge in [0.15, 0.2) is 0 Å². The molecule has 1 aromatic heterocycles. The van der Waals surface area contributed by atoms with E-state index < -0.39 is 12.1 Å². The van der Waals surface area contributed by atoms with Crippen LogP contribution >= 0.6 is 15.9 Å². The van der Waals surface area contributed by atoms with Crippen molar-refractivity contribution in [2.45, 2.75) is 18.5 Å². The maximum Gasteiger partial charge on any atom is 0.404 e. The number of nitrogens with zero attached hydrogens (tertiary/aromatic N) is 1. The Hall–Kier alpha value is -1.67. The maximum absolute atomic E-state index is 12.0. The molecular weight excluding hydrogens is 316 g/mol. The summed E-state index contributed by atoms with van der Waals surface area (Å²) in [5.74, 6) is 0.233. The molecule has 2 rings (SSSR count). The fraction of sp³-hybridized carbons (Fsp3) is 0.364. The summed E-state index contributed by atoms with van der Waals surface area (Å²) in [5.41, 5.74) is 0. The summed E-state index contributed by atoms with van der Waals surface area (Å²) in [7, 11) is 0. The van der Waals surface area contributed by atoms with Crippen LogP contribution in [0.25, 0.3) is 0 Å². The Kier molecular flexibility index (Phi) is 4.33. The quantitative estimate of drug-likeness (QED) is 0.614. The summed E-state index contributed by atoms with van der Waals surface area (Å²) in [6.07, 6.45) is -0.659. The Morgan fingerprint density at radius 2 is 2.26 bits per heavy atom. The first-order valence-electron chi connectivity index (χ1n) is 5.71. The van der Waals surface area contributed by atoms with Gasteiger partial charge in [-0.1, -0.05) is 6.07 Å². The third-order valence-corrected chi connectivity index (χ3v) is 3.18. The SMILES string of the molecule is O=C(O)N[C@@H]1CN[C@H](C(=O)Nc2cccc(Br)n2)C1. The van der Waals surface area contributed by atoms with Crippen LogP contribution in [0.4, 0.5) is 10.6 Å². The molecule has 0 unspecified atom stereocenters. The number of amides is 2. The van der Waals surface area contributed by atoms with Crippen molar-refractivity contribution in [2.24, 2.45) is 0 Å². The van der Waals surface area contributed by atoms with Crippen molar-refractivity contribution in [3.63, 3.8) is 0 Å². The fourth-order valence-electron chi connectivity index (χ4n) is 1.91. The van der Waals surface area contributed by atoms with Crippen LogP contribution in [0.2, 0.25) is 0 Å². The van der Waals surface area contributed by atoms with Crippen molar-refractivity contribution in [3.8, 4) is 0 Å². The van der Waals surface area contributed by atoms with Crippen molar-refractivity contribution < 1.29 is 14.7 Å². The molecule has 19 heavy (non-hydrogen) atoms. The highest BCUT2D eigenvalue weighted by Gasteiger charge is 2.30. The van der Waals surface area contributed by atoms with Gasteiger partial charge in [0.25, 0.3) is 0 Å². The number of nitrogens with one attached hydrogen (secondary N) is 3. The molecule has 1 aromatic rings. The Bertz CT molecular complexity index is 497. The summed E-state index contributed by atoms with van der Waals surface area (Å²) in [6.45, 7) is 0.441. The first-order chi connectivity index (χ1) is 9.04. The van der Waals surface area contributed by atoms with Crippen LogP contribution in [0.1, 0.15) is 6.42 Å². The van der Waals surface area contributed by atoms with Gasteiger partial charge in [-0.2, -0.15) is 0 Å². The Morgan fingerprint density at radius 3 is 2.95 bits per heavy atom. The van der Waals surface area contributed by atoms with E-state index in [4.69, 9.17) is 5.11 Å². The zero-order valence-corrected chi connectivity index (χ0v) is 11.5. The van der Waals surface area contributed by atoms with E-state index in [0.29, 0.717) is 23.4 Å². The van der Waals surface area contributed by atoms with Crippen molar-refractivity contribution in [2.75, 3.05) is 11.9 Å². The van der Waals surface area contributed by atoms with Crippen molar-refractivity contribution in [1.29, 1.82) is 0 Å². The number of carbonyl (C=O) groups excluding carboxylic acids is 1. The maximum atomic E-state index is 12.0. The molecule has 1 aliphatic heterocycles. The number of carboxylic acid groups (broad SMARTS) is 1. The van der Waals surface area contributed by atoms with E-state index in [2.05, 4.69) is 36.9 Å². The second-order valence-electron chi connectivity index (χ2n) is 4.18. The van der Waals surface area contributed by atoms with Gasteiger partial charge in [-0.15, -0.1) is 0 Å². The zero-order valence-electron chi connectivity index (χ0n) is 9.89. The monoisotopic (exact) mass is 328 g/mol. The largest absolute Gasteiger partial charge is 0.465 e. The number of rotatable bonds is 3. The second kappa shape index (κ2) is 5.98. The molecule has 0 aromatic carbocycles. The van der Waals surface area contributed by atoms with E-state index in [-0.39, 0.29) is 11.9 Å². The first-order valence-corrected chi connectivity index (χ1v) is 6.50. The molecule has 7 nitrogen and oxygen atoms in total. The van der Waals surface area contributed by atoms with Crippen LogP contribution in [-0.2, 0) is 4.79 Å². The van der Waals surface area contributed by atoms with Crippen LogP contribution in [0.3, 0.4) is 0 Å². The predicted octanol–water partition coefficient (Wildman–Crippen LogP) is 0.781. The van der Waals surface area contributed by atoms with Gasteiger partial charge in [0.05, 0.1) is 6.04 Å². The zero-order chi connectivity index (χ0) is 13.8. The molecule has 4 N–H and O–H groups in total. The molecule has 0 spiro atoms. The van der Waals surface area contributed by atoms with Gasteiger partial charge < -0.3 is 21.1 Å². The summed E-state index contributed by atoms with van der Waals surface area (Å²) in [5, 5.41) is 16.6. The molecule has 2 atom stereocenters. The smallest absolute Gasteiger partial charge is 0.404 e. The number of anilines is 1. The lowest BCUT2D eigenvalue weighted by Crippen LogP contribution is -2.35. The second-order valence-corrected chi connectivity index (χ2v) is 4.99. The van der Waals surface area contributed by atoms with E-state index >= 15 is 0 Å². The van der Waals surface area contributed by atoms with Crippen LogP contribution in [0, 0.1) is 0 Å². The number of aromatic nitrogens is 1. The van der Waals surface area contributed by atoms with Crippen LogP contribution in [0.5, 0.6) is 0 Å². The lowest BCUT2D eigenvalue weighted by atomic mass is 10.1. The van der Waals surface area contributed by atoms with Crippen molar-refractivity contribution in [1.82, 2.24) is 15.6 Å². The minimum Gasteiger partial charge on any atom is -0.465 e. The van der Waals surface area contributed by atoms with Gasteiger partial charge in [-0.3, -0.25) is 4.79 Å². The molecule has 2 heterocycles. The molecule has 2 amide bonds. The normalized spacial score (nSPS) is 21.9. The number of hydrogen-bond donors (Lipinski definition) is 4. The van der Waals surface area contributed by atoms with Crippen LogP contribution in [0.15, 0.2) is 22.8 Å². The summed E-state index contributed by atoms with van der Waals surface area (Å²) in [4.78, 5) is 26.6. The van der Waals surface area contributed by atoms with E-state index in [1.807, 2.05) is 0 Å². The van der Waals surface area contributed by atoms with E-state index in [1.54, 1.807) is 18.2 Å². The third-order valence-electron chi connectivity index (χ3n) is 2.74. The van der Waals surface area contributed by atoms with Gasteiger partial charge in [0.2, 0.25) is 5.91 Å². The lowest BCUT2D eigenvalue weighted by molar-refractivity contribution is -0.117. The lowest BCUT2D eigenvalue weighted by Gasteiger charge is -2.11. The number of pyridine rings is 1. The molecule has 0 saturated carbocycles. The highest BCUT2D eigenvalue weighted by Crippen LogP contribution is 2.12. The first kappa shape index (κ1) is 13.8. The molecule has 1 saturated heterocycles. The predicted molar refractivity (Wildman–Crippen MR) is 71.9 cm³/mol. The molecule has 0 aliphatic carbocycles. The van der Waals surface area contributed by atoms with E-state index in [1.165, 1.54) is 0 Å². The number of halogens is 1.